The molecule has 10 nitrogen and oxygen atoms in total. The highest BCUT2D eigenvalue weighted by molar-refractivity contribution is 5.79. The van der Waals surface area contributed by atoms with E-state index >= 15 is 0 Å². The van der Waals surface area contributed by atoms with Crippen LogP contribution in [0.25, 0.3) is 0 Å². The van der Waals surface area contributed by atoms with E-state index in [1.807, 2.05) is 6.08 Å². The number of carbonyl (C=O) groups excluding carboxylic acids is 1. The quantitative estimate of drug-likeness (QED) is 0.170. The molecule has 0 aliphatic heterocycles. The van der Waals surface area contributed by atoms with Crippen LogP contribution in [0.15, 0.2) is 35.9 Å². The Kier molecular flexibility index (Phi) is 14.5. The largest absolute Gasteiger partial charge is 0.378 e. The first-order valence-electron chi connectivity index (χ1n) is 16.3. The van der Waals surface area contributed by atoms with E-state index in [-0.39, 0.29) is 17.9 Å². The monoisotopic (exact) mass is 621 g/mol. The molecule has 0 saturated heterocycles. The standard InChI is InChI=1S/C34H48FN7O3/c1-25(21-26-7-11-29(35)12-8-26)22-31-40-33(38-24-28-5-3-2-4-6-28)42-34(41-31)39-30-13-9-27(10-14-30)23-32(43)37-16-18-45-20-19-44-17-15-36/h7,9-11,13,25,28,30H,2-6,14-24,36H2,1H3,(H,37,43)(H2,38,39,40,41,42)/t25-,30?/m1/s1. The normalized spacial score (nSPS) is 17.3. The van der Waals surface area contributed by atoms with Crippen molar-refractivity contribution in [1.82, 2.24) is 20.3 Å². The van der Waals surface area contributed by atoms with Crippen LogP contribution in [0.2, 0.25) is 0 Å². The Bertz CT molecular complexity index is 1230. The fourth-order valence-electron chi connectivity index (χ4n) is 5.54. The van der Waals surface area contributed by atoms with Gasteiger partial charge >= 0.3 is 0 Å². The lowest BCUT2D eigenvalue weighted by Crippen LogP contribution is -2.28. The molecule has 5 N–H and O–H groups in total. The molecule has 2 aliphatic rings. The SMILES string of the molecule is C[C@H](Cc1c#cc(F)cc1)Cc1nc(NCC2CCCCC2)nc(NC2C=CC(CC(=O)NCCOCCOCCN)=CC2)n1. The molecule has 1 saturated carbocycles. The highest BCUT2D eigenvalue weighted by atomic mass is 19.1. The van der Waals surface area contributed by atoms with Crippen molar-refractivity contribution in [2.45, 2.75) is 70.8 Å². The maximum Gasteiger partial charge on any atom is 0.228 e. The summed E-state index contributed by atoms with van der Waals surface area (Å²) in [5.74, 6) is 2.22. The van der Waals surface area contributed by atoms with Crippen LogP contribution >= 0.6 is 0 Å². The number of hydrogen-bond donors (Lipinski definition) is 4. The van der Waals surface area contributed by atoms with Gasteiger partial charge in [0.25, 0.3) is 0 Å². The van der Waals surface area contributed by atoms with Gasteiger partial charge in [-0.2, -0.15) is 19.3 Å². The Morgan fingerprint density at radius 1 is 1.04 bits per heavy atom. The van der Waals surface area contributed by atoms with Crippen molar-refractivity contribution in [2.24, 2.45) is 17.6 Å². The lowest BCUT2D eigenvalue weighted by molar-refractivity contribution is -0.120. The summed E-state index contributed by atoms with van der Waals surface area (Å²) in [7, 11) is 0. The minimum Gasteiger partial charge on any atom is -0.378 e. The van der Waals surface area contributed by atoms with Crippen LogP contribution in [-0.4, -0.2) is 73.0 Å². The number of anilines is 2. The molecule has 2 aliphatic carbocycles. The molecule has 1 aromatic carbocycles. The van der Waals surface area contributed by atoms with Crippen molar-refractivity contribution in [3.63, 3.8) is 0 Å². The summed E-state index contributed by atoms with van der Waals surface area (Å²) >= 11 is 0. The van der Waals surface area contributed by atoms with Gasteiger partial charge in [-0.25, -0.2) is 0 Å². The number of halogens is 1. The van der Waals surface area contributed by atoms with Crippen LogP contribution in [0, 0.1) is 29.8 Å². The number of amides is 1. The third-order valence-electron chi connectivity index (χ3n) is 7.89. The first-order chi connectivity index (χ1) is 22.0. The van der Waals surface area contributed by atoms with Gasteiger partial charge in [-0.15, -0.1) is 0 Å². The van der Waals surface area contributed by atoms with Crippen molar-refractivity contribution in [3.05, 3.63) is 65.3 Å². The number of aromatic nitrogens is 3. The van der Waals surface area contributed by atoms with Crippen LogP contribution < -0.4 is 21.7 Å². The number of nitrogens with two attached hydrogens (primary N) is 1. The summed E-state index contributed by atoms with van der Waals surface area (Å²) in [5, 5.41) is 9.82. The van der Waals surface area contributed by atoms with Crippen LogP contribution in [0.3, 0.4) is 0 Å². The molecular formula is C34H48FN7O3. The van der Waals surface area contributed by atoms with Crippen molar-refractivity contribution in [3.8, 4) is 0 Å². The summed E-state index contributed by atoms with van der Waals surface area (Å²) in [5.41, 5.74) is 7.26. The zero-order valence-corrected chi connectivity index (χ0v) is 26.5. The number of rotatable bonds is 19. The molecule has 0 bridgehead atoms. The minimum absolute atomic E-state index is 0.00470. The lowest BCUT2D eigenvalue weighted by atomic mass is 9.89. The predicted octanol–water partition coefficient (Wildman–Crippen LogP) is 4.19. The van der Waals surface area contributed by atoms with E-state index in [1.54, 1.807) is 6.07 Å². The van der Waals surface area contributed by atoms with E-state index in [0.717, 1.165) is 24.1 Å². The van der Waals surface area contributed by atoms with E-state index in [1.165, 1.54) is 38.2 Å². The summed E-state index contributed by atoms with van der Waals surface area (Å²) in [6.45, 7) is 5.86. The molecular weight excluding hydrogens is 573 g/mol. The summed E-state index contributed by atoms with van der Waals surface area (Å²) in [6.07, 6.45) is 14.8. The Balaban J connectivity index is 1.28. The van der Waals surface area contributed by atoms with E-state index < -0.39 is 5.82 Å². The average Bonchev–Trinajstić information content (AvgIpc) is 3.04. The molecule has 11 heteroatoms. The van der Waals surface area contributed by atoms with Crippen LogP contribution in [0.1, 0.15) is 63.3 Å². The summed E-state index contributed by atoms with van der Waals surface area (Å²) in [6, 6.07) is 8.57. The van der Waals surface area contributed by atoms with Gasteiger partial charge < -0.3 is 31.2 Å². The third kappa shape index (κ3) is 13.1. The summed E-state index contributed by atoms with van der Waals surface area (Å²) < 4.78 is 24.0. The van der Waals surface area contributed by atoms with Crippen molar-refractivity contribution < 1.29 is 18.7 Å². The number of nitrogens with one attached hydrogen (secondary N) is 3. The van der Waals surface area contributed by atoms with Crippen molar-refractivity contribution in [1.29, 1.82) is 0 Å². The Morgan fingerprint density at radius 3 is 2.58 bits per heavy atom. The van der Waals surface area contributed by atoms with E-state index in [0.29, 0.717) is 82.4 Å². The number of carbonyl (C=O) groups is 1. The Hall–Kier alpha value is -3.59. The van der Waals surface area contributed by atoms with E-state index in [4.69, 9.17) is 30.2 Å². The maximum atomic E-state index is 13.3. The third-order valence-corrected chi connectivity index (χ3v) is 7.89. The number of ether oxygens (including phenoxy) is 2. The van der Waals surface area contributed by atoms with Gasteiger partial charge in [-0.05, 0) is 61.3 Å². The van der Waals surface area contributed by atoms with Gasteiger partial charge in [0.1, 0.15) is 5.82 Å². The molecule has 1 amide bonds. The highest BCUT2D eigenvalue weighted by Crippen LogP contribution is 2.24. The van der Waals surface area contributed by atoms with Gasteiger partial charge in [-0.1, -0.05) is 50.5 Å². The van der Waals surface area contributed by atoms with Crippen LogP contribution in [-0.2, 0) is 27.1 Å². The van der Waals surface area contributed by atoms with Gasteiger partial charge in [-0.3, -0.25) is 4.79 Å². The van der Waals surface area contributed by atoms with Crippen molar-refractivity contribution >= 4 is 17.8 Å². The molecule has 0 spiro atoms. The number of allylic oxidation sites excluding steroid dienone is 1. The predicted molar refractivity (Wildman–Crippen MR) is 173 cm³/mol. The Morgan fingerprint density at radius 2 is 1.84 bits per heavy atom. The fourth-order valence-corrected chi connectivity index (χ4v) is 5.54. The van der Waals surface area contributed by atoms with Gasteiger partial charge in [0, 0.05) is 31.6 Å². The minimum atomic E-state index is -0.405. The van der Waals surface area contributed by atoms with Gasteiger partial charge in [0.2, 0.25) is 17.8 Å². The van der Waals surface area contributed by atoms with E-state index in [2.05, 4.69) is 47.2 Å². The molecule has 2 atom stereocenters. The zero-order chi connectivity index (χ0) is 31.7. The highest BCUT2D eigenvalue weighted by Gasteiger charge is 2.18. The second kappa shape index (κ2) is 19.0. The van der Waals surface area contributed by atoms with Gasteiger partial charge in [0.15, 0.2) is 5.82 Å². The zero-order valence-electron chi connectivity index (χ0n) is 26.5. The van der Waals surface area contributed by atoms with Crippen LogP contribution in [0.4, 0.5) is 16.3 Å². The topological polar surface area (TPSA) is 136 Å². The number of hydrogen-bond acceptors (Lipinski definition) is 9. The number of nitrogens with zero attached hydrogens (tertiary/aromatic N) is 3. The summed E-state index contributed by atoms with van der Waals surface area (Å²) in [4.78, 5) is 26.6. The molecule has 2 aromatic rings. The molecule has 1 aromatic heterocycles. The second-order valence-electron chi connectivity index (χ2n) is 11.9. The van der Waals surface area contributed by atoms with Crippen molar-refractivity contribution in [2.75, 3.05) is 56.7 Å². The first kappa shape index (κ1) is 34.3. The first-order valence-corrected chi connectivity index (χ1v) is 16.3. The second-order valence-corrected chi connectivity index (χ2v) is 11.9. The fraction of sp³-hybridized carbons (Fsp3) is 0.588. The molecule has 1 heterocycles. The maximum absolute atomic E-state index is 13.3. The van der Waals surface area contributed by atoms with Gasteiger partial charge in [0.05, 0.1) is 38.9 Å². The molecule has 4 rings (SSSR count). The molecule has 244 valence electrons. The van der Waals surface area contributed by atoms with E-state index in [9.17, 15) is 9.18 Å². The smallest absolute Gasteiger partial charge is 0.228 e. The molecule has 45 heavy (non-hydrogen) atoms. The molecule has 0 radical (unpaired) electrons. The van der Waals surface area contributed by atoms with Crippen LogP contribution in [0.5, 0.6) is 0 Å². The Labute approximate surface area is 266 Å². The molecule has 1 unspecified atom stereocenters. The lowest BCUT2D eigenvalue weighted by Gasteiger charge is -2.22. The average molecular weight is 622 g/mol. The molecule has 1 fully saturated rings.